The van der Waals surface area contributed by atoms with Crippen LogP contribution < -0.4 is 5.32 Å². The van der Waals surface area contributed by atoms with Gasteiger partial charge in [0.25, 0.3) is 0 Å². The molecule has 0 aromatic heterocycles. The topological polar surface area (TPSA) is 29.1 Å². The molecule has 0 saturated carbocycles. The fourth-order valence-electron chi connectivity index (χ4n) is 1.97. The molecule has 0 aliphatic carbocycles. The third-order valence-corrected chi connectivity index (χ3v) is 3.13. The fraction of sp³-hybridized carbons (Fsp3) is 0.188. The van der Waals surface area contributed by atoms with E-state index in [-0.39, 0.29) is 11.7 Å². The molecule has 2 rings (SSSR count). The maximum absolute atomic E-state index is 12.3. The number of Topliss-reactive ketones (excluding diaryl/α,β-unsaturated/α-hetero) is 1. The number of hydrogen-bond donors (Lipinski definition) is 1. The van der Waals surface area contributed by atoms with Crippen molar-refractivity contribution >= 4 is 11.5 Å². The van der Waals surface area contributed by atoms with Crippen molar-refractivity contribution in [2.45, 2.75) is 12.8 Å². The number of carbonyl (C=O) groups is 1. The molecule has 2 aromatic carbocycles. The van der Waals surface area contributed by atoms with E-state index in [0.29, 0.717) is 0 Å². The molecule has 2 aromatic rings. The molecule has 0 heterocycles. The number of ketones is 1. The van der Waals surface area contributed by atoms with Crippen molar-refractivity contribution in [1.29, 1.82) is 0 Å². The summed E-state index contributed by atoms with van der Waals surface area (Å²) in [5.41, 5.74) is 2.83. The van der Waals surface area contributed by atoms with Gasteiger partial charge in [0, 0.05) is 24.2 Å². The summed E-state index contributed by atoms with van der Waals surface area (Å²) in [5, 5.41) is 3.09. The molecule has 0 radical (unpaired) electrons. The maximum Gasteiger partial charge on any atom is 0.170 e. The number of hydrogen-bond acceptors (Lipinski definition) is 2. The molecular formula is C16H17NO. The van der Waals surface area contributed by atoms with Crippen LogP contribution in [0.4, 0.5) is 5.69 Å². The number of anilines is 1. The molecule has 0 aliphatic rings. The summed E-state index contributed by atoms with van der Waals surface area (Å²) in [6, 6.07) is 17.4. The minimum absolute atomic E-state index is 0.124. The normalized spacial score (nSPS) is 11.9. The quantitative estimate of drug-likeness (QED) is 0.824. The summed E-state index contributed by atoms with van der Waals surface area (Å²) in [5.74, 6) is 0.0320. The van der Waals surface area contributed by atoms with Crippen LogP contribution in [0.2, 0.25) is 0 Å². The lowest BCUT2D eigenvalue weighted by Crippen LogP contribution is -2.09. The Kier molecular flexibility index (Phi) is 3.78. The van der Waals surface area contributed by atoms with E-state index in [1.807, 2.05) is 68.6 Å². The second kappa shape index (κ2) is 5.50. The first-order valence-electron chi connectivity index (χ1n) is 6.09. The highest BCUT2D eigenvalue weighted by Gasteiger charge is 2.16. The molecule has 2 nitrogen and oxygen atoms in total. The van der Waals surface area contributed by atoms with Crippen LogP contribution in [0.15, 0.2) is 54.6 Å². The van der Waals surface area contributed by atoms with Crippen molar-refractivity contribution in [2.75, 3.05) is 12.4 Å². The Morgan fingerprint density at radius 3 is 2.44 bits per heavy atom. The maximum atomic E-state index is 12.3. The SMILES string of the molecule is CNc1cccc(C(C)C(=O)c2ccccc2)c1. The highest BCUT2D eigenvalue weighted by atomic mass is 16.1. The van der Waals surface area contributed by atoms with Gasteiger partial charge in [0.15, 0.2) is 5.78 Å². The molecule has 1 atom stereocenters. The van der Waals surface area contributed by atoms with Crippen LogP contribution in [0.1, 0.15) is 28.8 Å². The summed E-state index contributed by atoms with van der Waals surface area (Å²) < 4.78 is 0. The number of nitrogens with one attached hydrogen (secondary N) is 1. The van der Waals surface area contributed by atoms with Gasteiger partial charge in [-0.2, -0.15) is 0 Å². The molecule has 0 saturated heterocycles. The number of benzene rings is 2. The predicted octanol–water partition coefficient (Wildman–Crippen LogP) is 3.71. The number of rotatable bonds is 4. The van der Waals surface area contributed by atoms with Gasteiger partial charge in [-0.05, 0) is 17.7 Å². The second-order valence-corrected chi connectivity index (χ2v) is 4.33. The van der Waals surface area contributed by atoms with Gasteiger partial charge in [-0.15, -0.1) is 0 Å². The smallest absolute Gasteiger partial charge is 0.170 e. The van der Waals surface area contributed by atoms with Crippen LogP contribution in [-0.4, -0.2) is 12.8 Å². The van der Waals surface area contributed by atoms with E-state index in [1.165, 1.54) is 0 Å². The Bertz CT molecular complexity index is 534. The monoisotopic (exact) mass is 239 g/mol. The van der Waals surface area contributed by atoms with Crippen molar-refractivity contribution in [3.05, 3.63) is 65.7 Å². The van der Waals surface area contributed by atoms with Crippen LogP contribution >= 0.6 is 0 Å². The minimum Gasteiger partial charge on any atom is -0.388 e. The predicted molar refractivity (Wildman–Crippen MR) is 75.2 cm³/mol. The van der Waals surface area contributed by atoms with Crippen molar-refractivity contribution in [1.82, 2.24) is 0 Å². The van der Waals surface area contributed by atoms with Gasteiger partial charge >= 0.3 is 0 Å². The van der Waals surface area contributed by atoms with E-state index in [4.69, 9.17) is 0 Å². The van der Waals surface area contributed by atoms with Gasteiger partial charge in [0.1, 0.15) is 0 Å². The van der Waals surface area contributed by atoms with Gasteiger partial charge < -0.3 is 5.32 Å². The van der Waals surface area contributed by atoms with Gasteiger partial charge in [-0.3, -0.25) is 4.79 Å². The number of carbonyl (C=O) groups excluding carboxylic acids is 1. The van der Waals surface area contributed by atoms with Crippen LogP contribution in [0.25, 0.3) is 0 Å². The van der Waals surface area contributed by atoms with Gasteiger partial charge in [-0.25, -0.2) is 0 Å². The fourth-order valence-corrected chi connectivity index (χ4v) is 1.97. The third-order valence-electron chi connectivity index (χ3n) is 3.13. The summed E-state index contributed by atoms with van der Waals surface area (Å²) >= 11 is 0. The highest BCUT2D eigenvalue weighted by molar-refractivity contribution is 6.00. The summed E-state index contributed by atoms with van der Waals surface area (Å²) in [4.78, 5) is 12.3. The molecule has 0 amide bonds. The third kappa shape index (κ3) is 2.59. The first-order valence-corrected chi connectivity index (χ1v) is 6.09. The van der Waals surface area contributed by atoms with E-state index in [9.17, 15) is 4.79 Å². The molecule has 18 heavy (non-hydrogen) atoms. The van der Waals surface area contributed by atoms with Crippen molar-refractivity contribution in [3.8, 4) is 0 Å². The summed E-state index contributed by atoms with van der Waals surface area (Å²) in [6.07, 6.45) is 0. The lowest BCUT2D eigenvalue weighted by molar-refractivity contribution is 0.0966. The van der Waals surface area contributed by atoms with Gasteiger partial charge in [0.05, 0.1) is 0 Å². The average molecular weight is 239 g/mol. The zero-order chi connectivity index (χ0) is 13.0. The van der Waals surface area contributed by atoms with Crippen LogP contribution in [0.5, 0.6) is 0 Å². The largest absolute Gasteiger partial charge is 0.388 e. The van der Waals surface area contributed by atoms with E-state index in [2.05, 4.69) is 5.32 Å². The van der Waals surface area contributed by atoms with E-state index >= 15 is 0 Å². The van der Waals surface area contributed by atoms with E-state index in [0.717, 1.165) is 16.8 Å². The van der Waals surface area contributed by atoms with Crippen molar-refractivity contribution in [3.63, 3.8) is 0 Å². The van der Waals surface area contributed by atoms with Gasteiger partial charge in [-0.1, -0.05) is 49.4 Å². The van der Waals surface area contributed by atoms with Crippen LogP contribution in [-0.2, 0) is 0 Å². The van der Waals surface area contributed by atoms with Crippen molar-refractivity contribution in [2.24, 2.45) is 0 Å². The molecular weight excluding hydrogens is 222 g/mol. The first-order chi connectivity index (χ1) is 8.72. The lowest BCUT2D eigenvalue weighted by Gasteiger charge is -2.12. The van der Waals surface area contributed by atoms with Crippen LogP contribution in [0.3, 0.4) is 0 Å². The molecule has 1 N–H and O–H groups in total. The Morgan fingerprint density at radius 1 is 1.06 bits per heavy atom. The van der Waals surface area contributed by atoms with Crippen molar-refractivity contribution < 1.29 is 4.79 Å². The Labute approximate surface area is 108 Å². The zero-order valence-electron chi connectivity index (χ0n) is 10.7. The Morgan fingerprint density at radius 2 is 1.78 bits per heavy atom. The molecule has 0 spiro atoms. The van der Waals surface area contributed by atoms with E-state index in [1.54, 1.807) is 0 Å². The molecule has 0 bridgehead atoms. The average Bonchev–Trinajstić information content (AvgIpc) is 2.46. The minimum atomic E-state index is -0.124. The molecule has 92 valence electrons. The standard InChI is InChI=1S/C16H17NO/c1-12(14-9-6-10-15(11-14)17-2)16(18)13-7-4-3-5-8-13/h3-12,17H,1-2H3. The first kappa shape index (κ1) is 12.4. The van der Waals surface area contributed by atoms with Gasteiger partial charge in [0.2, 0.25) is 0 Å². The molecule has 1 unspecified atom stereocenters. The summed E-state index contributed by atoms with van der Waals surface area (Å²) in [6.45, 7) is 1.95. The molecule has 0 fully saturated rings. The highest BCUT2D eigenvalue weighted by Crippen LogP contribution is 2.22. The lowest BCUT2D eigenvalue weighted by atomic mass is 9.92. The van der Waals surface area contributed by atoms with E-state index < -0.39 is 0 Å². The molecule has 2 heteroatoms. The second-order valence-electron chi connectivity index (χ2n) is 4.33. The Balaban J connectivity index is 2.25. The Hall–Kier alpha value is -2.09. The zero-order valence-corrected chi connectivity index (χ0v) is 10.7. The molecule has 0 aliphatic heterocycles. The van der Waals surface area contributed by atoms with Crippen LogP contribution in [0, 0.1) is 0 Å². The summed E-state index contributed by atoms with van der Waals surface area (Å²) in [7, 11) is 1.88.